The van der Waals surface area contributed by atoms with Crippen molar-refractivity contribution in [2.75, 3.05) is 13.1 Å². The smallest absolute Gasteiger partial charge is 0.255 e. The van der Waals surface area contributed by atoms with Crippen LogP contribution in [0.4, 0.5) is 0 Å². The summed E-state index contributed by atoms with van der Waals surface area (Å²) >= 11 is 0. The number of likely N-dealkylation sites (tertiary alicyclic amines) is 1. The molecule has 3 aromatic rings. The van der Waals surface area contributed by atoms with Crippen LogP contribution in [-0.4, -0.2) is 39.0 Å². The number of phenolic OH excluding ortho intramolecular Hbond substituents is 1. The third-order valence-electron chi connectivity index (χ3n) is 5.22. The molecule has 0 radical (unpaired) electrons. The highest BCUT2D eigenvalue weighted by Gasteiger charge is 2.24. The lowest BCUT2D eigenvalue weighted by atomic mass is 9.90. The van der Waals surface area contributed by atoms with Crippen molar-refractivity contribution in [1.82, 2.24) is 14.9 Å². The second-order valence-corrected chi connectivity index (χ2v) is 7.25. The Morgan fingerprint density at radius 1 is 1.03 bits per heavy atom. The Bertz CT molecular complexity index is 1050. The molecule has 1 amide bonds. The van der Waals surface area contributed by atoms with E-state index in [0.29, 0.717) is 18.7 Å². The van der Waals surface area contributed by atoms with Gasteiger partial charge >= 0.3 is 0 Å². The molecule has 0 atom stereocenters. The second kappa shape index (κ2) is 8.27. The number of benzene rings is 1. The molecule has 5 heteroatoms. The minimum Gasteiger partial charge on any atom is -0.507 e. The monoisotopic (exact) mass is 385 g/mol. The maximum absolute atomic E-state index is 12.8. The summed E-state index contributed by atoms with van der Waals surface area (Å²) in [5, 5.41) is 10.5. The minimum atomic E-state index is 0.0159. The van der Waals surface area contributed by atoms with Gasteiger partial charge in [0, 0.05) is 42.8 Å². The van der Waals surface area contributed by atoms with Gasteiger partial charge in [0.1, 0.15) is 5.75 Å². The molecule has 1 N–H and O–H groups in total. The maximum Gasteiger partial charge on any atom is 0.255 e. The number of amides is 1. The summed E-state index contributed by atoms with van der Waals surface area (Å²) in [6.45, 7) is 3.20. The summed E-state index contributed by atoms with van der Waals surface area (Å²) in [7, 11) is 0. The summed E-state index contributed by atoms with van der Waals surface area (Å²) in [6.07, 6.45) is 6.62. The van der Waals surface area contributed by atoms with Crippen LogP contribution < -0.4 is 0 Å². The number of carbonyl (C=O) groups excluding carboxylic acids is 1. The van der Waals surface area contributed by atoms with Crippen molar-refractivity contribution in [3.05, 3.63) is 95.1 Å². The highest BCUT2D eigenvalue weighted by Crippen LogP contribution is 2.35. The second-order valence-electron chi connectivity index (χ2n) is 7.25. The van der Waals surface area contributed by atoms with Gasteiger partial charge in [-0.3, -0.25) is 14.8 Å². The van der Waals surface area contributed by atoms with E-state index in [0.717, 1.165) is 35.2 Å². The molecule has 4 rings (SSSR count). The molecule has 1 aliphatic rings. The Morgan fingerprint density at radius 2 is 1.79 bits per heavy atom. The molecule has 1 aromatic carbocycles. The van der Waals surface area contributed by atoms with Gasteiger partial charge in [-0.05, 0) is 49.6 Å². The number of nitrogens with zero attached hydrogens (tertiary/aromatic N) is 3. The summed E-state index contributed by atoms with van der Waals surface area (Å²) in [5.74, 6) is 0.257. The van der Waals surface area contributed by atoms with Gasteiger partial charge in [0.05, 0.1) is 11.3 Å². The van der Waals surface area contributed by atoms with Gasteiger partial charge in [0.15, 0.2) is 0 Å². The number of aromatic nitrogens is 2. The van der Waals surface area contributed by atoms with Gasteiger partial charge < -0.3 is 10.0 Å². The van der Waals surface area contributed by atoms with Gasteiger partial charge in [-0.25, -0.2) is 0 Å². The number of piperidine rings is 1. The Morgan fingerprint density at radius 3 is 2.48 bits per heavy atom. The van der Waals surface area contributed by atoms with Crippen LogP contribution in [0, 0.1) is 6.92 Å². The quantitative estimate of drug-likeness (QED) is 0.733. The van der Waals surface area contributed by atoms with Crippen molar-refractivity contribution in [2.24, 2.45) is 0 Å². The highest BCUT2D eigenvalue weighted by molar-refractivity contribution is 5.94. The molecule has 0 aliphatic carbocycles. The lowest BCUT2D eigenvalue weighted by Crippen LogP contribution is -2.36. The molecule has 1 saturated heterocycles. The number of phenols is 1. The predicted molar refractivity (Wildman–Crippen MR) is 112 cm³/mol. The molecule has 1 fully saturated rings. The molecule has 146 valence electrons. The van der Waals surface area contributed by atoms with E-state index in [-0.39, 0.29) is 11.7 Å². The van der Waals surface area contributed by atoms with Crippen molar-refractivity contribution in [1.29, 1.82) is 0 Å². The van der Waals surface area contributed by atoms with Crippen molar-refractivity contribution < 1.29 is 9.90 Å². The summed E-state index contributed by atoms with van der Waals surface area (Å²) in [4.78, 5) is 23.4. The molecule has 2 aromatic heterocycles. The van der Waals surface area contributed by atoms with Crippen LogP contribution in [0.25, 0.3) is 5.57 Å². The van der Waals surface area contributed by atoms with Crippen LogP contribution in [0.5, 0.6) is 5.75 Å². The zero-order chi connectivity index (χ0) is 20.2. The Labute approximate surface area is 170 Å². The number of aryl methyl sites for hydroxylation is 1. The first-order chi connectivity index (χ1) is 14.1. The van der Waals surface area contributed by atoms with Crippen LogP contribution in [-0.2, 0) is 0 Å². The predicted octanol–water partition coefficient (Wildman–Crippen LogP) is 4.23. The fourth-order valence-corrected chi connectivity index (χ4v) is 3.79. The first kappa shape index (κ1) is 18.9. The van der Waals surface area contributed by atoms with Crippen LogP contribution in [0.1, 0.15) is 40.0 Å². The van der Waals surface area contributed by atoms with E-state index in [1.807, 2.05) is 54.3 Å². The van der Waals surface area contributed by atoms with Gasteiger partial charge in [-0.15, -0.1) is 0 Å². The van der Waals surface area contributed by atoms with Crippen LogP contribution in [0.3, 0.4) is 0 Å². The standard InChI is InChI=1S/C24H23N3O2/c1-17-14-19(16-25-15-17)24(29)27-12-9-18(10-13-27)23(21-7-4-5-11-26-21)20-6-2-3-8-22(20)28/h2-8,11,14-16,28H,9-10,12-13H2,1H3. The first-order valence-electron chi connectivity index (χ1n) is 9.76. The number of rotatable bonds is 3. The minimum absolute atomic E-state index is 0.0159. The van der Waals surface area contributed by atoms with E-state index in [1.54, 1.807) is 24.7 Å². The van der Waals surface area contributed by atoms with Gasteiger partial charge in [-0.2, -0.15) is 0 Å². The van der Waals surface area contributed by atoms with E-state index in [2.05, 4.69) is 9.97 Å². The van der Waals surface area contributed by atoms with E-state index >= 15 is 0 Å². The van der Waals surface area contributed by atoms with Crippen molar-refractivity contribution in [3.63, 3.8) is 0 Å². The van der Waals surface area contributed by atoms with Gasteiger partial charge in [0.25, 0.3) is 5.91 Å². The SMILES string of the molecule is Cc1cncc(C(=O)N2CCC(=C(c3ccccn3)c3ccccc3O)CC2)c1. The number of hydrogen-bond acceptors (Lipinski definition) is 4. The Balaban J connectivity index is 1.64. The molecule has 1 aliphatic heterocycles. The number of para-hydroxylation sites is 1. The third kappa shape index (κ3) is 4.04. The topological polar surface area (TPSA) is 66.3 Å². The molecule has 0 bridgehead atoms. The van der Waals surface area contributed by atoms with Crippen molar-refractivity contribution >= 4 is 11.5 Å². The van der Waals surface area contributed by atoms with Crippen LogP contribution in [0.2, 0.25) is 0 Å². The lowest BCUT2D eigenvalue weighted by Gasteiger charge is -2.30. The average Bonchev–Trinajstić information content (AvgIpc) is 2.76. The van der Waals surface area contributed by atoms with Crippen molar-refractivity contribution in [2.45, 2.75) is 19.8 Å². The molecule has 0 spiro atoms. The summed E-state index contributed by atoms with van der Waals surface area (Å²) in [5.41, 5.74) is 5.40. The average molecular weight is 385 g/mol. The fourth-order valence-electron chi connectivity index (χ4n) is 3.79. The van der Waals surface area contributed by atoms with Gasteiger partial charge in [-0.1, -0.05) is 29.8 Å². The van der Waals surface area contributed by atoms with E-state index in [9.17, 15) is 9.90 Å². The molecule has 0 saturated carbocycles. The number of carbonyl (C=O) groups is 1. The molecule has 29 heavy (non-hydrogen) atoms. The molecular formula is C24H23N3O2. The number of pyridine rings is 2. The first-order valence-corrected chi connectivity index (χ1v) is 9.76. The Hall–Kier alpha value is -3.47. The number of hydrogen-bond donors (Lipinski definition) is 1. The zero-order valence-corrected chi connectivity index (χ0v) is 16.4. The van der Waals surface area contributed by atoms with Crippen molar-refractivity contribution in [3.8, 4) is 5.75 Å². The van der Waals surface area contributed by atoms with Crippen LogP contribution >= 0.6 is 0 Å². The molecule has 0 unspecified atom stereocenters. The molecular weight excluding hydrogens is 362 g/mol. The zero-order valence-electron chi connectivity index (χ0n) is 16.4. The summed E-state index contributed by atoms with van der Waals surface area (Å²) in [6, 6.07) is 15.0. The number of aromatic hydroxyl groups is 1. The van der Waals surface area contributed by atoms with E-state index < -0.39 is 0 Å². The van der Waals surface area contributed by atoms with E-state index in [1.165, 1.54) is 5.57 Å². The molecule has 3 heterocycles. The highest BCUT2D eigenvalue weighted by atomic mass is 16.3. The van der Waals surface area contributed by atoms with E-state index in [4.69, 9.17) is 0 Å². The fraction of sp³-hybridized carbons (Fsp3) is 0.208. The van der Waals surface area contributed by atoms with Crippen LogP contribution in [0.15, 0.2) is 72.7 Å². The Kier molecular flexibility index (Phi) is 5.38. The third-order valence-corrected chi connectivity index (χ3v) is 5.22. The summed E-state index contributed by atoms with van der Waals surface area (Å²) < 4.78 is 0. The largest absolute Gasteiger partial charge is 0.507 e. The normalized spacial score (nSPS) is 14.0. The molecule has 5 nitrogen and oxygen atoms in total. The van der Waals surface area contributed by atoms with Gasteiger partial charge in [0.2, 0.25) is 0 Å². The lowest BCUT2D eigenvalue weighted by molar-refractivity contribution is 0.0743. The maximum atomic E-state index is 12.8.